The molecule has 1 spiro atoms. The molecule has 25 heavy (non-hydrogen) atoms. The van der Waals surface area contributed by atoms with Gasteiger partial charge >= 0.3 is 5.97 Å². The summed E-state index contributed by atoms with van der Waals surface area (Å²) in [7, 11) is -3.62. The first kappa shape index (κ1) is 17.1. The normalized spacial score (nSPS) is 27.8. The molecule has 2 heterocycles. The zero-order valence-corrected chi connectivity index (χ0v) is 15.2. The Balaban J connectivity index is 1.51. The van der Waals surface area contributed by atoms with Crippen molar-refractivity contribution < 1.29 is 23.1 Å². The van der Waals surface area contributed by atoms with Crippen LogP contribution in [0.2, 0.25) is 5.02 Å². The van der Waals surface area contributed by atoms with Crippen LogP contribution in [0, 0.1) is 11.3 Å². The molecule has 0 unspecified atom stereocenters. The molecule has 4 rings (SSSR count). The SMILES string of the molecule is O=C(O)[C@H]1CC[C@H](S(=O)(=O)c2ccc(N3CC4(COC4)C3)cc2Cl)C1. The molecule has 1 aromatic rings. The van der Waals surface area contributed by atoms with Crippen molar-refractivity contribution in [2.24, 2.45) is 11.3 Å². The van der Waals surface area contributed by atoms with Crippen LogP contribution in [0.15, 0.2) is 23.1 Å². The van der Waals surface area contributed by atoms with E-state index in [1.54, 1.807) is 18.2 Å². The zero-order valence-electron chi connectivity index (χ0n) is 13.7. The van der Waals surface area contributed by atoms with Gasteiger partial charge in [-0.2, -0.15) is 0 Å². The van der Waals surface area contributed by atoms with E-state index in [9.17, 15) is 13.2 Å². The predicted molar refractivity (Wildman–Crippen MR) is 92.9 cm³/mol. The summed E-state index contributed by atoms with van der Waals surface area (Å²) in [5.74, 6) is -1.51. The molecule has 2 saturated heterocycles. The first-order chi connectivity index (χ1) is 11.8. The summed E-state index contributed by atoms with van der Waals surface area (Å²) in [6.07, 6.45) is 0.920. The quantitative estimate of drug-likeness (QED) is 0.855. The van der Waals surface area contributed by atoms with Crippen LogP contribution < -0.4 is 4.90 Å². The van der Waals surface area contributed by atoms with Crippen molar-refractivity contribution in [3.63, 3.8) is 0 Å². The molecular weight excluding hydrogens is 366 g/mol. The molecule has 1 saturated carbocycles. The number of carbonyl (C=O) groups is 1. The monoisotopic (exact) mass is 385 g/mol. The fraction of sp³-hybridized carbons (Fsp3) is 0.588. The number of benzene rings is 1. The standard InChI is InChI=1S/C17H20ClNO5S/c18-14-6-12(19-7-17(8-19)9-24-10-17)2-4-15(14)25(22,23)13-3-1-11(5-13)16(20)21/h2,4,6,11,13H,1,3,5,7-10H2,(H,20,21)/t11-,13-/m0/s1. The van der Waals surface area contributed by atoms with Gasteiger partial charge in [-0.15, -0.1) is 0 Å². The summed E-state index contributed by atoms with van der Waals surface area (Å²) >= 11 is 6.29. The molecular formula is C17H20ClNO5S. The van der Waals surface area contributed by atoms with Crippen molar-refractivity contribution in [3.05, 3.63) is 23.2 Å². The lowest BCUT2D eigenvalue weighted by Gasteiger charge is -2.56. The summed E-state index contributed by atoms with van der Waals surface area (Å²) in [5.41, 5.74) is 1.18. The number of hydrogen-bond acceptors (Lipinski definition) is 5. The number of carboxylic acid groups (broad SMARTS) is 1. The van der Waals surface area contributed by atoms with Gasteiger partial charge in [-0.25, -0.2) is 8.42 Å². The van der Waals surface area contributed by atoms with Crippen molar-refractivity contribution in [1.82, 2.24) is 0 Å². The summed E-state index contributed by atoms with van der Waals surface area (Å²) in [5, 5.41) is 8.63. The van der Waals surface area contributed by atoms with E-state index in [0.717, 1.165) is 32.0 Å². The van der Waals surface area contributed by atoms with Crippen molar-refractivity contribution in [3.8, 4) is 0 Å². The van der Waals surface area contributed by atoms with Crippen LogP contribution >= 0.6 is 11.6 Å². The second-order valence-corrected chi connectivity index (χ2v) is 10.1. The van der Waals surface area contributed by atoms with Crippen LogP contribution in [0.25, 0.3) is 0 Å². The molecule has 3 aliphatic rings. The molecule has 3 fully saturated rings. The Bertz CT molecular complexity index is 812. The minimum Gasteiger partial charge on any atom is -0.481 e. The average molecular weight is 386 g/mol. The summed E-state index contributed by atoms with van der Waals surface area (Å²) in [6, 6.07) is 5.04. The molecule has 2 aliphatic heterocycles. The van der Waals surface area contributed by atoms with Crippen LogP contribution in [0.1, 0.15) is 19.3 Å². The molecule has 0 amide bonds. The Morgan fingerprint density at radius 1 is 1.28 bits per heavy atom. The lowest BCUT2D eigenvalue weighted by Crippen LogP contribution is -2.66. The highest BCUT2D eigenvalue weighted by molar-refractivity contribution is 7.92. The van der Waals surface area contributed by atoms with E-state index in [0.29, 0.717) is 12.8 Å². The van der Waals surface area contributed by atoms with Crippen molar-refractivity contribution in [2.75, 3.05) is 31.2 Å². The Morgan fingerprint density at radius 3 is 2.52 bits per heavy atom. The summed E-state index contributed by atoms with van der Waals surface area (Å²) < 4.78 is 30.9. The third-order valence-electron chi connectivity index (χ3n) is 5.63. The summed E-state index contributed by atoms with van der Waals surface area (Å²) in [6.45, 7) is 3.38. The smallest absolute Gasteiger partial charge is 0.306 e. The van der Waals surface area contributed by atoms with Crippen LogP contribution in [-0.2, 0) is 19.4 Å². The number of ether oxygens (including phenoxy) is 1. The third kappa shape index (κ3) is 2.82. The maximum atomic E-state index is 12.8. The third-order valence-corrected chi connectivity index (χ3v) is 8.33. The van der Waals surface area contributed by atoms with Crippen LogP contribution in [0.4, 0.5) is 5.69 Å². The van der Waals surface area contributed by atoms with Crippen LogP contribution in [0.3, 0.4) is 0 Å². The highest BCUT2D eigenvalue weighted by atomic mass is 35.5. The van der Waals surface area contributed by atoms with Gasteiger partial charge in [-0.05, 0) is 37.5 Å². The van der Waals surface area contributed by atoms with Gasteiger partial charge in [0, 0.05) is 18.8 Å². The number of nitrogens with zero attached hydrogens (tertiary/aromatic N) is 1. The molecule has 1 aliphatic carbocycles. The van der Waals surface area contributed by atoms with Gasteiger partial charge < -0.3 is 14.7 Å². The number of carboxylic acids is 1. The molecule has 136 valence electrons. The highest BCUT2D eigenvalue weighted by Gasteiger charge is 2.49. The van der Waals surface area contributed by atoms with Gasteiger partial charge in [-0.1, -0.05) is 11.6 Å². The molecule has 0 radical (unpaired) electrons. The number of hydrogen-bond donors (Lipinski definition) is 1. The molecule has 1 N–H and O–H groups in total. The van der Waals surface area contributed by atoms with E-state index in [1.807, 2.05) is 0 Å². The molecule has 0 aromatic heterocycles. The lowest BCUT2D eigenvalue weighted by atomic mass is 9.78. The minimum atomic E-state index is -3.62. The van der Waals surface area contributed by atoms with E-state index in [4.69, 9.17) is 21.4 Å². The van der Waals surface area contributed by atoms with Gasteiger partial charge in [0.05, 0.1) is 39.7 Å². The number of sulfone groups is 1. The lowest BCUT2D eigenvalue weighted by molar-refractivity contribution is -0.141. The Hall–Kier alpha value is -1.31. The highest BCUT2D eigenvalue weighted by Crippen LogP contribution is 2.42. The Morgan fingerprint density at radius 2 is 2.00 bits per heavy atom. The van der Waals surface area contributed by atoms with Gasteiger partial charge in [0.2, 0.25) is 0 Å². The topological polar surface area (TPSA) is 83.9 Å². The van der Waals surface area contributed by atoms with Crippen molar-refractivity contribution >= 4 is 33.1 Å². The second kappa shape index (κ2) is 5.86. The van der Waals surface area contributed by atoms with Gasteiger partial charge in [0.1, 0.15) is 0 Å². The maximum absolute atomic E-state index is 12.8. The molecule has 8 heteroatoms. The number of aliphatic carboxylic acids is 1. The van der Waals surface area contributed by atoms with Gasteiger partial charge in [-0.3, -0.25) is 4.79 Å². The van der Waals surface area contributed by atoms with Crippen LogP contribution in [0.5, 0.6) is 0 Å². The van der Waals surface area contributed by atoms with Gasteiger partial charge in [0.25, 0.3) is 0 Å². The van der Waals surface area contributed by atoms with Crippen molar-refractivity contribution in [1.29, 1.82) is 0 Å². The molecule has 0 bridgehead atoms. The minimum absolute atomic E-state index is 0.108. The fourth-order valence-corrected chi connectivity index (χ4v) is 6.44. The Labute approximate surface area is 151 Å². The largest absolute Gasteiger partial charge is 0.481 e. The Kier molecular flexibility index (Phi) is 4.01. The molecule has 1 aromatic carbocycles. The van der Waals surface area contributed by atoms with E-state index >= 15 is 0 Å². The van der Waals surface area contributed by atoms with Crippen molar-refractivity contribution in [2.45, 2.75) is 29.4 Å². The number of rotatable bonds is 4. The second-order valence-electron chi connectivity index (χ2n) is 7.48. The zero-order chi connectivity index (χ0) is 17.8. The molecule has 2 atom stereocenters. The van der Waals surface area contributed by atoms with E-state index in [1.165, 1.54) is 0 Å². The first-order valence-corrected chi connectivity index (χ1v) is 10.3. The number of anilines is 1. The summed E-state index contributed by atoms with van der Waals surface area (Å²) in [4.78, 5) is 13.4. The average Bonchev–Trinajstić information content (AvgIpc) is 2.94. The fourth-order valence-electron chi connectivity index (χ4n) is 4.06. The van der Waals surface area contributed by atoms with Gasteiger partial charge in [0.15, 0.2) is 9.84 Å². The van der Waals surface area contributed by atoms with E-state index < -0.39 is 27.0 Å². The number of halogens is 1. The maximum Gasteiger partial charge on any atom is 0.306 e. The predicted octanol–water partition coefficient (Wildman–Crippen LogP) is 2.20. The first-order valence-electron chi connectivity index (χ1n) is 8.40. The molecule has 6 nitrogen and oxygen atoms in total. The van der Waals surface area contributed by atoms with E-state index in [-0.39, 0.29) is 21.8 Å². The van der Waals surface area contributed by atoms with E-state index in [2.05, 4.69) is 4.90 Å². The van der Waals surface area contributed by atoms with Crippen LogP contribution in [-0.4, -0.2) is 51.0 Å².